The van der Waals surface area contributed by atoms with Crippen LogP contribution < -0.4 is 10.6 Å². The lowest BCUT2D eigenvalue weighted by Crippen LogP contribution is -2.20. The number of carbonyl (C=O) groups is 2. The molecule has 0 aliphatic rings. The van der Waals surface area contributed by atoms with Crippen LogP contribution in [-0.2, 0) is 22.7 Å². The van der Waals surface area contributed by atoms with Crippen molar-refractivity contribution in [2.24, 2.45) is 0 Å². The van der Waals surface area contributed by atoms with Gasteiger partial charge in [0, 0.05) is 18.3 Å². The van der Waals surface area contributed by atoms with E-state index in [4.69, 9.17) is 0 Å². The Morgan fingerprint density at radius 1 is 1.08 bits per heavy atom. The van der Waals surface area contributed by atoms with Crippen LogP contribution in [0.25, 0.3) is 11.0 Å². The molecule has 3 N–H and O–H groups in total. The average Bonchev–Trinajstić information content (AvgIpc) is 2.92. The van der Waals surface area contributed by atoms with Crippen molar-refractivity contribution in [2.45, 2.75) is 20.1 Å². The quantitative estimate of drug-likeness (QED) is 0.664. The molecule has 0 aliphatic heterocycles. The number of para-hydroxylation sites is 2. The highest BCUT2D eigenvalue weighted by molar-refractivity contribution is 5.94. The molecular formula is C18H18N4O3. The normalized spacial score (nSPS) is 10.6. The standard InChI is InChI=1S/C18H18N4O3/c1-12(24)19-13-5-4-6-14(9-13)20-18(25)10-22-16-8-3-2-7-15(16)21-17(22)11-23/h2-9,23H,10-11H2,1H3,(H,19,24)(H,20,25). The van der Waals surface area contributed by atoms with Crippen molar-refractivity contribution >= 4 is 34.2 Å². The molecule has 0 atom stereocenters. The average molecular weight is 338 g/mol. The summed E-state index contributed by atoms with van der Waals surface area (Å²) in [5.41, 5.74) is 2.70. The number of rotatable bonds is 5. The van der Waals surface area contributed by atoms with E-state index >= 15 is 0 Å². The maximum absolute atomic E-state index is 12.4. The molecule has 7 nitrogen and oxygen atoms in total. The molecule has 25 heavy (non-hydrogen) atoms. The third-order valence-electron chi connectivity index (χ3n) is 3.64. The number of fused-ring (bicyclic) bond motifs is 1. The second kappa shape index (κ2) is 7.14. The molecule has 0 radical (unpaired) electrons. The van der Waals surface area contributed by atoms with Gasteiger partial charge in [-0.25, -0.2) is 4.98 Å². The van der Waals surface area contributed by atoms with Crippen molar-refractivity contribution in [2.75, 3.05) is 10.6 Å². The van der Waals surface area contributed by atoms with E-state index in [2.05, 4.69) is 15.6 Å². The van der Waals surface area contributed by atoms with Crippen LogP contribution in [0, 0.1) is 0 Å². The number of nitrogens with zero attached hydrogens (tertiary/aromatic N) is 2. The molecule has 7 heteroatoms. The van der Waals surface area contributed by atoms with Crippen LogP contribution in [0.3, 0.4) is 0 Å². The van der Waals surface area contributed by atoms with Crippen LogP contribution in [0.5, 0.6) is 0 Å². The van der Waals surface area contributed by atoms with E-state index in [1.165, 1.54) is 6.92 Å². The number of hydrogen-bond acceptors (Lipinski definition) is 4. The largest absolute Gasteiger partial charge is 0.388 e. The van der Waals surface area contributed by atoms with Crippen molar-refractivity contribution in [3.63, 3.8) is 0 Å². The maximum Gasteiger partial charge on any atom is 0.244 e. The van der Waals surface area contributed by atoms with Crippen LogP contribution in [-0.4, -0.2) is 26.5 Å². The van der Waals surface area contributed by atoms with E-state index in [-0.39, 0.29) is 25.0 Å². The minimum Gasteiger partial charge on any atom is -0.388 e. The Hall–Kier alpha value is -3.19. The van der Waals surface area contributed by atoms with Gasteiger partial charge < -0.3 is 20.3 Å². The first-order valence-corrected chi connectivity index (χ1v) is 7.79. The Kier molecular flexibility index (Phi) is 4.76. The zero-order chi connectivity index (χ0) is 17.8. The molecule has 0 bridgehead atoms. The number of carbonyl (C=O) groups excluding carboxylic acids is 2. The van der Waals surface area contributed by atoms with Crippen molar-refractivity contribution in [3.8, 4) is 0 Å². The molecule has 0 spiro atoms. The van der Waals surface area contributed by atoms with E-state index in [0.29, 0.717) is 17.2 Å². The van der Waals surface area contributed by atoms with Gasteiger partial charge >= 0.3 is 0 Å². The molecule has 0 saturated heterocycles. The first-order chi connectivity index (χ1) is 12.1. The lowest BCUT2D eigenvalue weighted by atomic mass is 10.2. The number of hydrogen-bond donors (Lipinski definition) is 3. The van der Waals surface area contributed by atoms with Gasteiger partial charge in [0.05, 0.1) is 11.0 Å². The van der Waals surface area contributed by atoms with Crippen LogP contribution in [0.15, 0.2) is 48.5 Å². The Labute approximate surface area is 144 Å². The van der Waals surface area contributed by atoms with Gasteiger partial charge in [-0.1, -0.05) is 18.2 Å². The van der Waals surface area contributed by atoms with Crippen molar-refractivity contribution < 1.29 is 14.7 Å². The maximum atomic E-state index is 12.4. The number of imidazole rings is 1. The summed E-state index contributed by atoms with van der Waals surface area (Å²) in [6.45, 7) is 1.20. The number of aliphatic hydroxyl groups is 1. The lowest BCUT2D eigenvalue weighted by molar-refractivity contribution is -0.117. The highest BCUT2D eigenvalue weighted by Crippen LogP contribution is 2.18. The Morgan fingerprint density at radius 2 is 1.80 bits per heavy atom. The zero-order valence-electron chi connectivity index (χ0n) is 13.7. The van der Waals surface area contributed by atoms with Gasteiger partial charge in [0.1, 0.15) is 19.0 Å². The molecule has 128 valence electrons. The minimum atomic E-state index is -0.252. The molecule has 0 aliphatic carbocycles. The van der Waals surface area contributed by atoms with E-state index in [1.807, 2.05) is 24.3 Å². The summed E-state index contributed by atoms with van der Waals surface area (Å²) < 4.78 is 1.68. The number of aromatic nitrogens is 2. The smallest absolute Gasteiger partial charge is 0.244 e. The van der Waals surface area contributed by atoms with Gasteiger partial charge in [-0.15, -0.1) is 0 Å². The summed E-state index contributed by atoms with van der Waals surface area (Å²) in [5.74, 6) is 0.00197. The fourth-order valence-corrected chi connectivity index (χ4v) is 2.64. The van der Waals surface area contributed by atoms with Gasteiger partial charge in [-0.2, -0.15) is 0 Å². The predicted molar refractivity (Wildman–Crippen MR) is 95.0 cm³/mol. The number of amides is 2. The summed E-state index contributed by atoms with van der Waals surface area (Å²) in [6.07, 6.45) is 0. The zero-order valence-corrected chi connectivity index (χ0v) is 13.7. The van der Waals surface area contributed by atoms with E-state index in [0.717, 1.165) is 11.0 Å². The van der Waals surface area contributed by atoms with Crippen molar-refractivity contribution in [3.05, 3.63) is 54.4 Å². The second-order valence-electron chi connectivity index (χ2n) is 5.57. The summed E-state index contributed by atoms with van der Waals surface area (Å²) in [7, 11) is 0. The number of benzene rings is 2. The molecule has 3 rings (SSSR count). The minimum absolute atomic E-state index is 0.0285. The fourth-order valence-electron chi connectivity index (χ4n) is 2.64. The van der Waals surface area contributed by atoms with Crippen LogP contribution in [0.1, 0.15) is 12.7 Å². The summed E-state index contributed by atoms with van der Waals surface area (Å²) in [6, 6.07) is 14.3. The van der Waals surface area contributed by atoms with E-state index in [1.54, 1.807) is 28.8 Å². The van der Waals surface area contributed by atoms with E-state index < -0.39 is 0 Å². The third-order valence-corrected chi connectivity index (χ3v) is 3.64. The molecule has 1 heterocycles. The van der Waals surface area contributed by atoms with Gasteiger partial charge in [0.2, 0.25) is 11.8 Å². The molecule has 1 aromatic heterocycles. The topological polar surface area (TPSA) is 96.2 Å². The van der Waals surface area contributed by atoms with Crippen molar-refractivity contribution in [1.29, 1.82) is 0 Å². The Bertz CT molecular complexity index is 933. The van der Waals surface area contributed by atoms with Gasteiger partial charge in [-0.3, -0.25) is 9.59 Å². The van der Waals surface area contributed by atoms with Crippen LogP contribution in [0.2, 0.25) is 0 Å². The molecule has 0 saturated carbocycles. The molecule has 2 amide bonds. The molecule has 2 aromatic carbocycles. The fraction of sp³-hybridized carbons (Fsp3) is 0.167. The summed E-state index contributed by atoms with van der Waals surface area (Å²) in [5, 5.41) is 14.9. The highest BCUT2D eigenvalue weighted by Gasteiger charge is 2.13. The molecule has 0 unspecified atom stereocenters. The monoisotopic (exact) mass is 338 g/mol. The number of anilines is 2. The van der Waals surface area contributed by atoms with E-state index in [9.17, 15) is 14.7 Å². The highest BCUT2D eigenvalue weighted by atomic mass is 16.3. The first-order valence-electron chi connectivity index (χ1n) is 7.79. The molecule has 3 aromatic rings. The van der Waals surface area contributed by atoms with Crippen LogP contribution in [0.4, 0.5) is 11.4 Å². The Balaban J connectivity index is 1.78. The summed E-state index contributed by atoms with van der Waals surface area (Å²) >= 11 is 0. The van der Waals surface area contributed by atoms with Gasteiger partial charge in [0.15, 0.2) is 0 Å². The Morgan fingerprint density at radius 3 is 2.52 bits per heavy atom. The SMILES string of the molecule is CC(=O)Nc1cccc(NC(=O)Cn2c(CO)nc3ccccc32)c1. The van der Waals surface area contributed by atoms with Crippen LogP contribution >= 0.6 is 0 Å². The second-order valence-corrected chi connectivity index (χ2v) is 5.57. The number of nitrogens with one attached hydrogen (secondary N) is 2. The molecular weight excluding hydrogens is 320 g/mol. The lowest BCUT2D eigenvalue weighted by Gasteiger charge is -2.10. The summed E-state index contributed by atoms with van der Waals surface area (Å²) in [4.78, 5) is 27.8. The molecule has 0 fully saturated rings. The predicted octanol–water partition coefficient (Wildman–Crippen LogP) is 2.13. The van der Waals surface area contributed by atoms with Crippen molar-refractivity contribution in [1.82, 2.24) is 9.55 Å². The van der Waals surface area contributed by atoms with Gasteiger partial charge in [-0.05, 0) is 30.3 Å². The first kappa shape index (κ1) is 16.7. The third kappa shape index (κ3) is 3.84. The van der Waals surface area contributed by atoms with Gasteiger partial charge in [0.25, 0.3) is 0 Å². The number of aliphatic hydroxyl groups excluding tert-OH is 1.